The van der Waals surface area contributed by atoms with Crippen molar-refractivity contribution < 1.29 is 0 Å². The molecule has 1 N–H and O–H groups in total. The third-order valence-corrected chi connectivity index (χ3v) is 3.11. The van der Waals surface area contributed by atoms with Gasteiger partial charge in [0, 0.05) is 25.4 Å². The first-order valence-electron chi connectivity index (χ1n) is 4.92. The zero-order valence-corrected chi connectivity index (χ0v) is 8.03. The van der Waals surface area contributed by atoms with E-state index in [1.54, 1.807) is 0 Å². The van der Waals surface area contributed by atoms with E-state index in [-0.39, 0.29) is 0 Å². The summed E-state index contributed by atoms with van der Waals surface area (Å²) in [5.74, 6) is 1.42. The third-order valence-electron chi connectivity index (χ3n) is 3.11. The lowest BCUT2D eigenvalue weighted by Gasteiger charge is -2.28. The molecule has 2 unspecified atom stereocenters. The van der Waals surface area contributed by atoms with Crippen LogP contribution in [0.3, 0.4) is 0 Å². The van der Waals surface area contributed by atoms with Crippen LogP contribution in [0.15, 0.2) is 24.3 Å². The minimum absolute atomic E-state index is 0.564. The van der Waals surface area contributed by atoms with E-state index >= 15 is 0 Å². The lowest BCUT2D eigenvalue weighted by Crippen LogP contribution is -2.34. The van der Waals surface area contributed by atoms with Crippen LogP contribution in [0.2, 0.25) is 0 Å². The highest BCUT2D eigenvalue weighted by Gasteiger charge is 2.30. The van der Waals surface area contributed by atoms with Gasteiger partial charge in [-0.1, -0.05) is 24.3 Å². The predicted molar refractivity (Wildman–Crippen MR) is 54.9 cm³/mol. The van der Waals surface area contributed by atoms with Crippen LogP contribution < -0.4 is 0 Å². The van der Waals surface area contributed by atoms with Gasteiger partial charge in [-0.15, -0.1) is 0 Å². The largest absolute Gasteiger partial charge is 0.360 e. The number of amidine groups is 1. The van der Waals surface area contributed by atoms with E-state index in [0.717, 1.165) is 25.1 Å². The van der Waals surface area contributed by atoms with Gasteiger partial charge in [0.25, 0.3) is 0 Å². The van der Waals surface area contributed by atoms with Gasteiger partial charge >= 0.3 is 0 Å². The van der Waals surface area contributed by atoms with Gasteiger partial charge in [0.2, 0.25) is 0 Å². The molecule has 2 aliphatic rings. The first-order chi connectivity index (χ1) is 6.29. The van der Waals surface area contributed by atoms with E-state index in [0.29, 0.717) is 12.0 Å². The summed E-state index contributed by atoms with van der Waals surface area (Å²) in [7, 11) is 2.05. The van der Waals surface area contributed by atoms with Crippen LogP contribution in [0, 0.1) is 11.3 Å². The summed E-state index contributed by atoms with van der Waals surface area (Å²) in [4.78, 5) is 2.13. The van der Waals surface area contributed by atoms with Crippen molar-refractivity contribution >= 4 is 5.84 Å². The maximum atomic E-state index is 7.69. The van der Waals surface area contributed by atoms with Gasteiger partial charge in [-0.2, -0.15) is 0 Å². The SMILES string of the molecule is CN1C(=N)CCC1C1C=CC=CC1. The molecular formula is C11H16N2. The fraction of sp³-hybridized carbons (Fsp3) is 0.545. The average molecular weight is 176 g/mol. The maximum Gasteiger partial charge on any atom is 0.0958 e. The fourth-order valence-electron chi connectivity index (χ4n) is 2.24. The van der Waals surface area contributed by atoms with Crippen LogP contribution in [0.4, 0.5) is 0 Å². The standard InChI is InChI=1S/C11H16N2/c1-13-10(7-8-11(13)12)9-5-3-2-4-6-9/h2-5,9-10,12H,6-8H2,1H3. The molecule has 2 atom stereocenters. The molecule has 0 aromatic rings. The lowest BCUT2D eigenvalue weighted by molar-refractivity contribution is 0.315. The molecule has 1 saturated heterocycles. The fourth-order valence-corrected chi connectivity index (χ4v) is 2.24. The first-order valence-corrected chi connectivity index (χ1v) is 4.92. The van der Waals surface area contributed by atoms with Gasteiger partial charge < -0.3 is 4.90 Å². The number of hydrogen-bond acceptors (Lipinski definition) is 1. The second-order valence-electron chi connectivity index (χ2n) is 3.88. The van der Waals surface area contributed by atoms with E-state index in [1.807, 2.05) is 7.05 Å². The number of likely N-dealkylation sites (tertiary alicyclic amines) is 1. The Bertz CT molecular complexity index is 265. The summed E-state index contributed by atoms with van der Waals surface area (Å²) in [6.45, 7) is 0. The Labute approximate surface area is 79.4 Å². The molecule has 70 valence electrons. The van der Waals surface area contributed by atoms with E-state index in [4.69, 9.17) is 5.41 Å². The second kappa shape index (κ2) is 3.36. The smallest absolute Gasteiger partial charge is 0.0958 e. The molecule has 0 radical (unpaired) electrons. The van der Waals surface area contributed by atoms with Crippen molar-refractivity contribution in [3.8, 4) is 0 Å². The monoisotopic (exact) mass is 176 g/mol. The van der Waals surface area contributed by atoms with Crippen molar-refractivity contribution in [3.05, 3.63) is 24.3 Å². The molecule has 0 spiro atoms. The summed E-state index contributed by atoms with van der Waals surface area (Å²) in [6.07, 6.45) is 12.0. The summed E-state index contributed by atoms with van der Waals surface area (Å²) < 4.78 is 0. The minimum Gasteiger partial charge on any atom is -0.360 e. The van der Waals surface area contributed by atoms with Crippen molar-refractivity contribution in [2.45, 2.75) is 25.3 Å². The molecule has 1 aliphatic heterocycles. The third kappa shape index (κ3) is 1.53. The van der Waals surface area contributed by atoms with Crippen LogP contribution in [-0.4, -0.2) is 23.8 Å². The highest BCUT2D eigenvalue weighted by Crippen LogP contribution is 2.28. The van der Waals surface area contributed by atoms with Gasteiger partial charge in [0.05, 0.1) is 5.84 Å². The molecular weight excluding hydrogens is 160 g/mol. The van der Waals surface area contributed by atoms with Gasteiger partial charge in [-0.3, -0.25) is 5.41 Å². The zero-order chi connectivity index (χ0) is 9.26. The highest BCUT2D eigenvalue weighted by atomic mass is 15.2. The van der Waals surface area contributed by atoms with Gasteiger partial charge in [-0.05, 0) is 12.8 Å². The van der Waals surface area contributed by atoms with Crippen LogP contribution in [0.25, 0.3) is 0 Å². The Morgan fingerprint density at radius 3 is 2.85 bits per heavy atom. The van der Waals surface area contributed by atoms with Gasteiger partial charge in [0.1, 0.15) is 0 Å². The molecule has 1 fully saturated rings. The molecule has 0 aromatic carbocycles. The zero-order valence-electron chi connectivity index (χ0n) is 8.03. The average Bonchev–Trinajstić information content (AvgIpc) is 2.49. The van der Waals surface area contributed by atoms with Crippen molar-refractivity contribution in [1.82, 2.24) is 4.90 Å². The number of nitrogens with zero attached hydrogens (tertiary/aromatic N) is 1. The normalized spacial score (nSPS) is 33.0. The Morgan fingerprint density at radius 2 is 2.31 bits per heavy atom. The molecule has 0 aromatic heterocycles. The van der Waals surface area contributed by atoms with E-state index in [9.17, 15) is 0 Å². The van der Waals surface area contributed by atoms with Crippen LogP contribution in [0.1, 0.15) is 19.3 Å². The molecule has 2 nitrogen and oxygen atoms in total. The number of hydrogen-bond donors (Lipinski definition) is 1. The van der Waals surface area contributed by atoms with Crippen molar-refractivity contribution in [2.24, 2.45) is 5.92 Å². The number of allylic oxidation sites excluding steroid dienone is 3. The van der Waals surface area contributed by atoms with Crippen LogP contribution >= 0.6 is 0 Å². The Morgan fingerprint density at radius 1 is 1.46 bits per heavy atom. The molecule has 1 aliphatic carbocycles. The topological polar surface area (TPSA) is 27.1 Å². The van der Waals surface area contributed by atoms with E-state index in [1.165, 1.54) is 0 Å². The van der Waals surface area contributed by atoms with Crippen molar-refractivity contribution in [1.29, 1.82) is 5.41 Å². The number of rotatable bonds is 1. The summed E-state index contributed by atoms with van der Waals surface area (Å²) in [6, 6.07) is 0.564. The molecule has 0 amide bonds. The first kappa shape index (κ1) is 8.54. The van der Waals surface area contributed by atoms with Gasteiger partial charge in [-0.25, -0.2) is 0 Å². The molecule has 0 saturated carbocycles. The molecule has 2 heteroatoms. The predicted octanol–water partition coefficient (Wildman–Crippen LogP) is 2.19. The lowest BCUT2D eigenvalue weighted by atomic mass is 9.91. The Balaban J connectivity index is 2.05. The highest BCUT2D eigenvalue weighted by molar-refractivity contribution is 5.81. The Kier molecular flexibility index (Phi) is 2.21. The second-order valence-corrected chi connectivity index (χ2v) is 3.88. The minimum atomic E-state index is 0.564. The molecule has 2 rings (SSSR count). The quantitative estimate of drug-likeness (QED) is 0.651. The van der Waals surface area contributed by atoms with Crippen molar-refractivity contribution in [3.63, 3.8) is 0 Å². The van der Waals surface area contributed by atoms with Crippen LogP contribution in [0.5, 0.6) is 0 Å². The Hall–Kier alpha value is -1.05. The maximum absolute atomic E-state index is 7.69. The van der Waals surface area contributed by atoms with E-state index in [2.05, 4.69) is 29.2 Å². The molecule has 0 bridgehead atoms. The molecule has 13 heavy (non-hydrogen) atoms. The van der Waals surface area contributed by atoms with Gasteiger partial charge in [0.15, 0.2) is 0 Å². The summed E-state index contributed by atoms with van der Waals surface area (Å²) in [5.41, 5.74) is 0. The summed E-state index contributed by atoms with van der Waals surface area (Å²) in [5, 5.41) is 7.69. The van der Waals surface area contributed by atoms with Crippen LogP contribution in [-0.2, 0) is 0 Å². The number of nitrogens with one attached hydrogen (secondary N) is 1. The summed E-state index contributed by atoms with van der Waals surface area (Å²) >= 11 is 0. The van der Waals surface area contributed by atoms with Crippen molar-refractivity contribution in [2.75, 3.05) is 7.05 Å². The molecule has 1 heterocycles. The van der Waals surface area contributed by atoms with E-state index < -0.39 is 0 Å².